The quantitative estimate of drug-likeness (QED) is 0.399. The van der Waals surface area contributed by atoms with Crippen LogP contribution >= 0.6 is 0 Å². The van der Waals surface area contributed by atoms with Gasteiger partial charge < -0.3 is 9.15 Å². The number of furan rings is 1. The molecule has 0 radical (unpaired) electrons. The molecule has 27 heavy (non-hydrogen) atoms. The molecule has 0 amide bonds. The van der Waals surface area contributed by atoms with E-state index in [0.717, 1.165) is 10.9 Å². The highest BCUT2D eigenvalue weighted by Gasteiger charge is 2.18. The fourth-order valence-electron chi connectivity index (χ4n) is 2.97. The van der Waals surface area contributed by atoms with Gasteiger partial charge in [-0.15, -0.1) is 0 Å². The standard InChI is InChI=1S/C22H13FN2O2/c23-15-10-12-16(13-11-15)26-22-20-19(17-8-4-5-9-18(17)27-20)24-21(25-22)14-6-2-1-3-7-14/h1-13H. The number of halogens is 1. The number of fused-ring (bicyclic) bond motifs is 3. The largest absolute Gasteiger partial charge is 0.449 e. The number of nitrogens with zero attached hydrogens (tertiary/aromatic N) is 2. The minimum atomic E-state index is -0.330. The molecular formula is C22H13FN2O2. The Hall–Kier alpha value is -3.73. The maximum absolute atomic E-state index is 13.2. The van der Waals surface area contributed by atoms with Crippen molar-refractivity contribution < 1.29 is 13.5 Å². The van der Waals surface area contributed by atoms with Crippen LogP contribution in [0.25, 0.3) is 33.5 Å². The summed E-state index contributed by atoms with van der Waals surface area (Å²) in [4.78, 5) is 9.27. The average molecular weight is 356 g/mol. The summed E-state index contributed by atoms with van der Waals surface area (Å²) in [6.45, 7) is 0. The molecule has 5 aromatic rings. The van der Waals surface area contributed by atoms with Crippen LogP contribution in [0.2, 0.25) is 0 Å². The lowest BCUT2D eigenvalue weighted by Crippen LogP contribution is -1.95. The van der Waals surface area contributed by atoms with E-state index in [-0.39, 0.29) is 5.82 Å². The van der Waals surface area contributed by atoms with Crippen LogP contribution in [0, 0.1) is 5.82 Å². The second-order valence-corrected chi connectivity index (χ2v) is 6.05. The van der Waals surface area contributed by atoms with Crippen LogP contribution in [0.1, 0.15) is 0 Å². The number of hydrogen-bond donors (Lipinski definition) is 0. The van der Waals surface area contributed by atoms with Crippen LogP contribution in [0.15, 0.2) is 83.3 Å². The molecule has 0 atom stereocenters. The van der Waals surface area contributed by atoms with Gasteiger partial charge in [-0.3, -0.25) is 0 Å². The predicted octanol–water partition coefficient (Wildman–Crippen LogP) is 5.97. The number of benzene rings is 3. The van der Waals surface area contributed by atoms with Gasteiger partial charge in [-0.2, -0.15) is 4.98 Å². The predicted molar refractivity (Wildman–Crippen MR) is 101 cm³/mol. The van der Waals surface area contributed by atoms with Gasteiger partial charge in [0, 0.05) is 10.9 Å². The Morgan fingerprint density at radius 2 is 1.52 bits per heavy atom. The maximum atomic E-state index is 13.2. The summed E-state index contributed by atoms with van der Waals surface area (Å²) < 4.78 is 25.1. The maximum Gasteiger partial charge on any atom is 0.267 e. The molecule has 0 unspecified atom stereocenters. The van der Waals surface area contributed by atoms with Crippen molar-refractivity contribution in [3.8, 4) is 23.0 Å². The second kappa shape index (κ2) is 6.21. The summed E-state index contributed by atoms with van der Waals surface area (Å²) in [5.74, 6) is 0.966. The molecule has 0 spiro atoms. The van der Waals surface area contributed by atoms with Crippen LogP contribution in [-0.2, 0) is 0 Å². The molecule has 0 aliphatic rings. The third kappa shape index (κ3) is 2.79. The Morgan fingerprint density at radius 1 is 0.778 bits per heavy atom. The summed E-state index contributed by atoms with van der Waals surface area (Å²) >= 11 is 0. The highest BCUT2D eigenvalue weighted by Crippen LogP contribution is 2.36. The van der Waals surface area contributed by atoms with E-state index in [0.29, 0.717) is 34.1 Å². The van der Waals surface area contributed by atoms with Crippen LogP contribution in [0.5, 0.6) is 11.6 Å². The lowest BCUT2D eigenvalue weighted by atomic mass is 10.2. The Kier molecular flexibility index (Phi) is 3.57. The topological polar surface area (TPSA) is 48.2 Å². The van der Waals surface area contributed by atoms with Gasteiger partial charge >= 0.3 is 0 Å². The fourth-order valence-corrected chi connectivity index (χ4v) is 2.97. The summed E-state index contributed by atoms with van der Waals surface area (Å²) in [6, 6.07) is 23.1. The zero-order valence-corrected chi connectivity index (χ0v) is 14.1. The zero-order valence-electron chi connectivity index (χ0n) is 14.1. The molecule has 0 bridgehead atoms. The fraction of sp³-hybridized carbons (Fsp3) is 0. The molecule has 0 aliphatic carbocycles. The van der Waals surface area contributed by atoms with E-state index in [2.05, 4.69) is 4.98 Å². The molecule has 0 N–H and O–H groups in total. The van der Waals surface area contributed by atoms with E-state index < -0.39 is 0 Å². The number of ether oxygens (including phenoxy) is 1. The van der Waals surface area contributed by atoms with Crippen LogP contribution in [-0.4, -0.2) is 9.97 Å². The van der Waals surface area contributed by atoms with Crippen molar-refractivity contribution in [2.45, 2.75) is 0 Å². The van der Waals surface area contributed by atoms with Gasteiger partial charge in [-0.05, 0) is 36.4 Å². The molecule has 0 fully saturated rings. The van der Waals surface area contributed by atoms with E-state index in [1.54, 1.807) is 12.1 Å². The molecule has 4 nitrogen and oxygen atoms in total. The molecular weight excluding hydrogens is 343 g/mol. The normalized spacial score (nSPS) is 11.1. The van der Waals surface area contributed by atoms with Crippen molar-refractivity contribution in [1.29, 1.82) is 0 Å². The lowest BCUT2D eigenvalue weighted by Gasteiger charge is -2.07. The van der Waals surface area contributed by atoms with Crippen molar-refractivity contribution in [2.24, 2.45) is 0 Å². The van der Waals surface area contributed by atoms with Crippen molar-refractivity contribution in [1.82, 2.24) is 9.97 Å². The first-order valence-electron chi connectivity index (χ1n) is 8.46. The third-order valence-corrected chi connectivity index (χ3v) is 4.25. The van der Waals surface area contributed by atoms with Gasteiger partial charge in [-0.25, -0.2) is 9.37 Å². The Morgan fingerprint density at radius 3 is 2.33 bits per heavy atom. The van der Waals surface area contributed by atoms with E-state index >= 15 is 0 Å². The Labute approximate surface area is 153 Å². The summed E-state index contributed by atoms with van der Waals surface area (Å²) in [5.41, 5.74) is 2.71. The van der Waals surface area contributed by atoms with Crippen molar-refractivity contribution in [3.05, 3.63) is 84.7 Å². The van der Waals surface area contributed by atoms with Crippen LogP contribution in [0.3, 0.4) is 0 Å². The highest BCUT2D eigenvalue weighted by molar-refractivity contribution is 6.04. The molecule has 130 valence electrons. The summed E-state index contributed by atoms with van der Waals surface area (Å²) in [7, 11) is 0. The van der Waals surface area contributed by atoms with Crippen molar-refractivity contribution in [3.63, 3.8) is 0 Å². The summed E-state index contributed by atoms with van der Waals surface area (Å²) in [6.07, 6.45) is 0. The minimum absolute atomic E-state index is 0.293. The molecule has 2 aromatic heterocycles. The van der Waals surface area contributed by atoms with Crippen molar-refractivity contribution >= 4 is 22.1 Å². The van der Waals surface area contributed by atoms with E-state index in [1.165, 1.54) is 12.1 Å². The summed E-state index contributed by atoms with van der Waals surface area (Å²) in [5, 5.41) is 0.885. The van der Waals surface area contributed by atoms with Gasteiger partial charge in [0.05, 0.1) is 0 Å². The molecule has 2 heterocycles. The second-order valence-electron chi connectivity index (χ2n) is 6.05. The smallest absolute Gasteiger partial charge is 0.267 e. The number of aromatic nitrogens is 2. The molecule has 0 aliphatic heterocycles. The van der Waals surface area contributed by atoms with Gasteiger partial charge in [0.2, 0.25) is 5.58 Å². The average Bonchev–Trinajstić information content (AvgIpc) is 3.09. The molecule has 5 heteroatoms. The molecule has 5 rings (SSSR count). The van der Waals surface area contributed by atoms with Gasteiger partial charge in [0.1, 0.15) is 22.7 Å². The highest BCUT2D eigenvalue weighted by atomic mass is 19.1. The van der Waals surface area contributed by atoms with Crippen molar-refractivity contribution in [2.75, 3.05) is 0 Å². The Balaban J connectivity index is 1.75. The van der Waals surface area contributed by atoms with Gasteiger partial charge in [0.25, 0.3) is 5.88 Å². The van der Waals surface area contributed by atoms with E-state index in [9.17, 15) is 4.39 Å². The monoisotopic (exact) mass is 356 g/mol. The SMILES string of the molecule is Fc1ccc(Oc2nc(-c3ccccc3)nc3c2oc2ccccc23)cc1. The number of hydrogen-bond acceptors (Lipinski definition) is 4. The van der Waals surface area contributed by atoms with Crippen LogP contribution in [0.4, 0.5) is 4.39 Å². The molecule has 0 saturated heterocycles. The zero-order chi connectivity index (χ0) is 18.2. The van der Waals surface area contributed by atoms with Gasteiger partial charge in [-0.1, -0.05) is 42.5 Å². The van der Waals surface area contributed by atoms with Gasteiger partial charge in [0.15, 0.2) is 5.82 Å². The first kappa shape index (κ1) is 15.5. The Bertz CT molecular complexity index is 1250. The number of rotatable bonds is 3. The molecule has 3 aromatic carbocycles. The number of para-hydroxylation sites is 1. The minimum Gasteiger partial charge on any atom is -0.449 e. The van der Waals surface area contributed by atoms with E-state index in [1.807, 2.05) is 54.6 Å². The molecule has 0 saturated carbocycles. The first-order chi connectivity index (χ1) is 13.3. The third-order valence-electron chi connectivity index (χ3n) is 4.25. The van der Waals surface area contributed by atoms with E-state index in [4.69, 9.17) is 14.1 Å². The first-order valence-corrected chi connectivity index (χ1v) is 8.46. The van der Waals surface area contributed by atoms with Crippen LogP contribution < -0.4 is 4.74 Å². The lowest BCUT2D eigenvalue weighted by molar-refractivity contribution is 0.455.